The third-order valence-electron chi connectivity index (χ3n) is 2.59. The molecule has 4 nitrogen and oxygen atoms in total. The van der Waals surface area contributed by atoms with Crippen molar-refractivity contribution < 1.29 is 14.3 Å². The van der Waals surface area contributed by atoms with Gasteiger partial charge < -0.3 is 14.8 Å². The fraction of sp³-hybridized carbons (Fsp3) is 0.357. The molecule has 1 aliphatic heterocycles. The fourth-order valence-corrected chi connectivity index (χ4v) is 1.74. The predicted octanol–water partition coefficient (Wildman–Crippen LogP) is 1.60. The van der Waals surface area contributed by atoms with E-state index in [0.717, 1.165) is 6.42 Å². The van der Waals surface area contributed by atoms with Gasteiger partial charge in [0.15, 0.2) is 11.5 Å². The van der Waals surface area contributed by atoms with Crippen LogP contribution in [0, 0.1) is 12.3 Å². The van der Waals surface area contributed by atoms with Crippen LogP contribution in [-0.4, -0.2) is 25.7 Å². The first-order valence-electron chi connectivity index (χ1n) is 5.93. The van der Waals surface area contributed by atoms with Crippen LogP contribution >= 0.6 is 0 Å². The van der Waals surface area contributed by atoms with E-state index >= 15 is 0 Å². The summed E-state index contributed by atoms with van der Waals surface area (Å²) < 4.78 is 10.9. The van der Waals surface area contributed by atoms with Crippen molar-refractivity contribution >= 4 is 5.91 Å². The molecule has 1 N–H and O–H groups in total. The lowest BCUT2D eigenvalue weighted by molar-refractivity contribution is 0.0942. The number of ether oxygens (including phenoxy) is 2. The van der Waals surface area contributed by atoms with Crippen molar-refractivity contribution in [2.45, 2.75) is 12.8 Å². The van der Waals surface area contributed by atoms with Crippen LogP contribution in [0.15, 0.2) is 18.2 Å². The van der Waals surface area contributed by atoms with Crippen LogP contribution in [-0.2, 0) is 0 Å². The molecule has 1 aliphatic rings. The molecule has 0 fully saturated rings. The van der Waals surface area contributed by atoms with Gasteiger partial charge in [-0.3, -0.25) is 4.79 Å². The largest absolute Gasteiger partial charge is 0.486 e. The van der Waals surface area contributed by atoms with Crippen molar-refractivity contribution in [2.24, 2.45) is 0 Å². The number of amides is 1. The Labute approximate surface area is 106 Å². The number of rotatable bonds is 4. The van der Waals surface area contributed by atoms with Crippen LogP contribution in [0.25, 0.3) is 0 Å². The van der Waals surface area contributed by atoms with Crippen molar-refractivity contribution in [3.8, 4) is 23.8 Å². The number of hydrogen-bond donors (Lipinski definition) is 1. The van der Waals surface area contributed by atoms with Gasteiger partial charge in [-0.15, -0.1) is 12.3 Å². The van der Waals surface area contributed by atoms with E-state index < -0.39 is 0 Å². The van der Waals surface area contributed by atoms with Crippen molar-refractivity contribution in [3.05, 3.63) is 23.8 Å². The molecule has 0 spiro atoms. The number of unbranched alkanes of at least 4 members (excludes halogenated alkanes) is 1. The first-order chi connectivity index (χ1) is 8.83. The predicted molar refractivity (Wildman–Crippen MR) is 67.8 cm³/mol. The zero-order valence-electron chi connectivity index (χ0n) is 10.1. The Bertz CT molecular complexity index is 476. The number of para-hydroxylation sites is 1. The normalized spacial score (nSPS) is 12.6. The molecule has 0 aliphatic carbocycles. The van der Waals surface area contributed by atoms with Gasteiger partial charge in [0.1, 0.15) is 13.2 Å². The van der Waals surface area contributed by atoms with Crippen LogP contribution < -0.4 is 14.8 Å². The van der Waals surface area contributed by atoms with Gasteiger partial charge in [-0.2, -0.15) is 0 Å². The van der Waals surface area contributed by atoms with Crippen LogP contribution in [0.1, 0.15) is 23.2 Å². The fourth-order valence-electron chi connectivity index (χ4n) is 1.74. The molecule has 94 valence electrons. The third-order valence-corrected chi connectivity index (χ3v) is 2.59. The number of carbonyl (C=O) groups is 1. The van der Waals surface area contributed by atoms with Gasteiger partial charge in [0.05, 0.1) is 5.56 Å². The number of hydrogen-bond acceptors (Lipinski definition) is 3. The van der Waals surface area contributed by atoms with Gasteiger partial charge in [0, 0.05) is 13.0 Å². The maximum absolute atomic E-state index is 12.0. The molecule has 1 aromatic rings. The quantitative estimate of drug-likeness (QED) is 0.647. The van der Waals surface area contributed by atoms with E-state index in [1.807, 2.05) is 0 Å². The second kappa shape index (κ2) is 5.97. The minimum Gasteiger partial charge on any atom is -0.486 e. The molecule has 18 heavy (non-hydrogen) atoms. The molecule has 0 radical (unpaired) electrons. The molecular formula is C14H15NO3. The number of nitrogens with one attached hydrogen (secondary N) is 1. The second-order valence-corrected chi connectivity index (χ2v) is 3.89. The molecule has 0 unspecified atom stereocenters. The zero-order chi connectivity index (χ0) is 12.8. The summed E-state index contributed by atoms with van der Waals surface area (Å²) in [5.74, 6) is 3.53. The first kappa shape index (κ1) is 12.3. The van der Waals surface area contributed by atoms with Gasteiger partial charge >= 0.3 is 0 Å². The number of benzene rings is 1. The highest BCUT2D eigenvalue weighted by Crippen LogP contribution is 2.33. The molecule has 4 heteroatoms. The molecule has 0 atom stereocenters. The molecular weight excluding hydrogens is 230 g/mol. The molecule has 0 saturated heterocycles. The number of fused-ring (bicyclic) bond motifs is 1. The van der Waals surface area contributed by atoms with E-state index in [-0.39, 0.29) is 5.91 Å². The van der Waals surface area contributed by atoms with Crippen molar-refractivity contribution in [1.29, 1.82) is 0 Å². The monoisotopic (exact) mass is 245 g/mol. The summed E-state index contributed by atoms with van der Waals surface area (Å²) in [5, 5.41) is 2.81. The second-order valence-electron chi connectivity index (χ2n) is 3.89. The van der Waals surface area contributed by atoms with Crippen molar-refractivity contribution in [1.82, 2.24) is 5.32 Å². The lowest BCUT2D eigenvalue weighted by atomic mass is 10.1. The van der Waals surface area contributed by atoms with Gasteiger partial charge in [-0.25, -0.2) is 0 Å². The van der Waals surface area contributed by atoms with E-state index in [2.05, 4.69) is 11.2 Å². The maximum atomic E-state index is 12.0. The van der Waals surface area contributed by atoms with Crippen molar-refractivity contribution in [2.75, 3.05) is 19.8 Å². The van der Waals surface area contributed by atoms with E-state index in [4.69, 9.17) is 15.9 Å². The van der Waals surface area contributed by atoms with Gasteiger partial charge in [0.25, 0.3) is 5.91 Å². The Kier molecular flexibility index (Phi) is 4.08. The zero-order valence-corrected chi connectivity index (χ0v) is 10.1. The van der Waals surface area contributed by atoms with Crippen LogP contribution in [0.2, 0.25) is 0 Å². The number of carbonyl (C=O) groups excluding carboxylic acids is 1. The van der Waals surface area contributed by atoms with E-state index in [0.29, 0.717) is 43.2 Å². The third kappa shape index (κ3) is 2.75. The molecule has 0 aromatic heterocycles. The van der Waals surface area contributed by atoms with Gasteiger partial charge in [-0.1, -0.05) is 6.07 Å². The van der Waals surface area contributed by atoms with Gasteiger partial charge in [-0.05, 0) is 18.6 Å². The number of terminal acetylenes is 1. The van der Waals surface area contributed by atoms with Crippen LogP contribution in [0.4, 0.5) is 0 Å². The lowest BCUT2D eigenvalue weighted by Gasteiger charge is -2.20. The molecule has 1 aromatic carbocycles. The van der Waals surface area contributed by atoms with Gasteiger partial charge in [0.2, 0.25) is 0 Å². The van der Waals surface area contributed by atoms with E-state index in [1.54, 1.807) is 18.2 Å². The van der Waals surface area contributed by atoms with Crippen molar-refractivity contribution in [3.63, 3.8) is 0 Å². The summed E-state index contributed by atoms with van der Waals surface area (Å²) in [6.07, 6.45) is 6.58. The molecule has 1 amide bonds. The minimum absolute atomic E-state index is 0.158. The molecule has 2 rings (SSSR count). The van der Waals surface area contributed by atoms with Crippen LogP contribution in [0.5, 0.6) is 11.5 Å². The topological polar surface area (TPSA) is 47.6 Å². The highest BCUT2D eigenvalue weighted by Gasteiger charge is 2.19. The maximum Gasteiger partial charge on any atom is 0.255 e. The molecule has 0 bridgehead atoms. The lowest BCUT2D eigenvalue weighted by Crippen LogP contribution is -2.26. The molecule has 1 heterocycles. The SMILES string of the molecule is C#CCCCNC(=O)c1cccc2c1OCCO2. The average molecular weight is 245 g/mol. The Hall–Kier alpha value is -2.15. The summed E-state index contributed by atoms with van der Waals surface area (Å²) in [4.78, 5) is 12.0. The first-order valence-corrected chi connectivity index (χ1v) is 5.93. The Morgan fingerprint density at radius 2 is 2.22 bits per heavy atom. The average Bonchev–Trinajstić information content (AvgIpc) is 2.43. The summed E-state index contributed by atoms with van der Waals surface area (Å²) in [6.45, 7) is 1.54. The smallest absolute Gasteiger partial charge is 0.255 e. The summed E-state index contributed by atoms with van der Waals surface area (Å²) >= 11 is 0. The standard InChI is InChI=1S/C14H15NO3/c1-2-3-4-8-15-14(16)11-6-5-7-12-13(11)18-10-9-17-12/h1,5-7H,3-4,8-10H2,(H,15,16). The molecule has 0 saturated carbocycles. The Morgan fingerprint density at radius 1 is 1.39 bits per heavy atom. The minimum atomic E-state index is -0.158. The summed E-state index contributed by atoms with van der Waals surface area (Å²) in [7, 11) is 0. The summed E-state index contributed by atoms with van der Waals surface area (Å²) in [6, 6.07) is 5.30. The van der Waals surface area contributed by atoms with E-state index in [1.165, 1.54) is 0 Å². The highest BCUT2D eigenvalue weighted by atomic mass is 16.6. The Balaban J connectivity index is 2.04. The van der Waals surface area contributed by atoms with Crippen LogP contribution in [0.3, 0.4) is 0 Å². The highest BCUT2D eigenvalue weighted by molar-refractivity contribution is 5.97. The Morgan fingerprint density at radius 3 is 3.06 bits per heavy atom. The van der Waals surface area contributed by atoms with E-state index in [9.17, 15) is 4.79 Å². The summed E-state index contributed by atoms with van der Waals surface area (Å²) in [5.41, 5.74) is 0.507.